The second-order valence-electron chi connectivity index (χ2n) is 6.65. The van der Waals surface area contributed by atoms with Crippen molar-refractivity contribution >= 4 is 39.9 Å². The fraction of sp³-hybridized carbons (Fsp3) is 0.611. The minimum atomic E-state index is -0.0379. The van der Waals surface area contributed by atoms with E-state index in [0.717, 1.165) is 36.0 Å². The van der Waals surface area contributed by atoms with Crippen LogP contribution in [-0.2, 0) is 24.2 Å². The molecule has 26 heavy (non-hydrogen) atoms. The summed E-state index contributed by atoms with van der Waals surface area (Å²) in [5, 5.41) is 6.94. The molecule has 2 aromatic rings. The van der Waals surface area contributed by atoms with Crippen molar-refractivity contribution in [3.8, 4) is 0 Å². The Morgan fingerprint density at radius 3 is 2.92 bits per heavy atom. The number of nitrogens with one attached hydrogen (secondary N) is 2. The Balaban J connectivity index is 0.00000243. The maximum Gasteiger partial charge on any atom is 0.262 e. The molecule has 1 aliphatic rings. The topological polar surface area (TPSA) is 76.0 Å². The average Bonchev–Trinajstić information content (AvgIpc) is 2.99. The molecule has 3 rings (SSSR count). The molecule has 2 N–H and O–H groups in total. The molecular weight excluding hydrogens is 372 g/mol. The number of rotatable bonds is 7. The number of aromatic nitrogens is 2. The van der Waals surface area contributed by atoms with Crippen LogP contribution in [0.15, 0.2) is 11.1 Å². The van der Waals surface area contributed by atoms with Gasteiger partial charge in [-0.3, -0.25) is 14.2 Å². The molecule has 144 valence electrons. The lowest BCUT2D eigenvalue weighted by atomic mass is 9.97. The number of carbonyl (C=O) groups excluding carboxylic acids is 1. The number of fused-ring (bicyclic) bond motifs is 3. The van der Waals surface area contributed by atoms with Crippen molar-refractivity contribution < 1.29 is 4.79 Å². The third-order valence-electron chi connectivity index (χ3n) is 4.68. The third-order valence-corrected chi connectivity index (χ3v) is 5.88. The molecular formula is C18H27ClN4O2S. The Labute approximate surface area is 163 Å². The second kappa shape index (κ2) is 9.48. The number of nitrogens with zero attached hydrogens (tertiary/aromatic N) is 2. The number of likely N-dealkylation sites (N-methyl/N-ethyl adjacent to an activating group) is 1. The van der Waals surface area contributed by atoms with Crippen molar-refractivity contribution in [1.82, 2.24) is 20.2 Å². The van der Waals surface area contributed by atoms with Crippen LogP contribution in [0.3, 0.4) is 0 Å². The molecule has 0 spiro atoms. The van der Waals surface area contributed by atoms with Gasteiger partial charge in [0.2, 0.25) is 5.91 Å². The third kappa shape index (κ3) is 4.64. The highest BCUT2D eigenvalue weighted by Crippen LogP contribution is 2.33. The molecule has 0 aromatic carbocycles. The van der Waals surface area contributed by atoms with Gasteiger partial charge >= 0.3 is 0 Å². The number of amides is 1. The van der Waals surface area contributed by atoms with Gasteiger partial charge in [0.1, 0.15) is 4.83 Å². The second-order valence-corrected chi connectivity index (χ2v) is 7.73. The zero-order valence-electron chi connectivity index (χ0n) is 15.3. The van der Waals surface area contributed by atoms with E-state index in [0.29, 0.717) is 13.1 Å². The Kier molecular flexibility index (Phi) is 7.61. The van der Waals surface area contributed by atoms with Crippen LogP contribution >= 0.6 is 23.7 Å². The Morgan fingerprint density at radius 1 is 1.38 bits per heavy atom. The van der Waals surface area contributed by atoms with Gasteiger partial charge in [-0.2, -0.15) is 0 Å². The average molecular weight is 399 g/mol. The lowest BCUT2D eigenvalue weighted by Crippen LogP contribution is -2.39. The summed E-state index contributed by atoms with van der Waals surface area (Å²) in [6.45, 7) is 5.91. The van der Waals surface area contributed by atoms with Crippen molar-refractivity contribution in [3.63, 3.8) is 0 Å². The van der Waals surface area contributed by atoms with Crippen molar-refractivity contribution in [2.45, 2.75) is 58.5 Å². The maximum absolute atomic E-state index is 12.8. The summed E-state index contributed by atoms with van der Waals surface area (Å²) in [4.78, 5) is 31.4. The molecule has 0 saturated carbocycles. The summed E-state index contributed by atoms with van der Waals surface area (Å²) >= 11 is 1.65. The molecule has 1 aliphatic carbocycles. The van der Waals surface area contributed by atoms with Crippen LogP contribution in [0.4, 0.5) is 0 Å². The highest BCUT2D eigenvalue weighted by Gasteiger charge is 2.20. The van der Waals surface area contributed by atoms with Crippen LogP contribution < -0.4 is 16.2 Å². The molecule has 1 atom stereocenters. The molecule has 0 saturated heterocycles. The number of aryl methyl sites for hydroxylation is 3. The Bertz CT molecular complexity index is 817. The summed E-state index contributed by atoms with van der Waals surface area (Å²) in [7, 11) is 0. The van der Waals surface area contributed by atoms with Crippen LogP contribution in [0.25, 0.3) is 10.2 Å². The van der Waals surface area contributed by atoms with Gasteiger partial charge in [-0.1, -0.05) is 6.92 Å². The van der Waals surface area contributed by atoms with Crippen molar-refractivity contribution in [1.29, 1.82) is 0 Å². The largest absolute Gasteiger partial charge is 0.354 e. The summed E-state index contributed by atoms with van der Waals surface area (Å²) in [6.07, 6.45) is 6.24. The van der Waals surface area contributed by atoms with Crippen molar-refractivity contribution in [2.24, 2.45) is 0 Å². The summed E-state index contributed by atoms with van der Waals surface area (Å²) in [5.41, 5.74) is 1.19. The first-order valence-corrected chi connectivity index (χ1v) is 9.91. The smallest absolute Gasteiger partial charge is 0.262 e. The minimum Gasteiger partial charge on any atom is -0.354 e. The molecule has 0 aliphatic heterocycles. The van der Waals surface area contributed by atoms with E-state index in [9.17, 15) is 9.59 Å². The van der Waals surface area contributed by atoms with Gasteiger partial charge in [-0.05, 0) is 44.7 Å². The Hall–Kier alpha value is -1.44. The highest BCUT2D eigenvalue weighted by atomic mass is 35.5. The van der Waals surface area contributed by atoms with E-state index in [1.807, 2.05) is 13.8 Å². The van der Waals surface area contributed by atoms with Gasteiger partial charge in [0.15, 0.2) is 0 Å². The van der Waals surface area contributed by atoms with E-state index in [-0.39, 0.29) is 36.3 Å². The summed E-state index contributed by atoms with van der Waals surface area (Å²) < 4.78 is 1.58. The quantitative estimate of drug-likeness (QED) is 0.750. The van der Waals surface area contributed by atoms with E-state index in [1.54, 1.807) is 22.2 Å². The number of hydrogen-bond donors (Lipinski definition) is 2. The van der Waals surface area contributed by atoms with Gasteiger partial charge in [0.05, 0.1) is 11.7 Å². The Morgan fingerprint density at radius 2 is 2.15 bits per heavy atom. The molecule has 6 nitrogen and oxygen atoms in total. The first-order chi connectivity index (χ1) is 12.1. The predicted molar refractivity (Wildman–Crippen MR) is 109 cm³/mol. The van der Waals surface area contributed by atoms with Crippen LogP contribution in [0.5, 0.6) is 0 Å². The molecule has 1 amide bonds. The standard InChI is InChI=1S/C18H26N4O2S.ClH/c1-3-19-12(2)10-20-15(23)8-9-22-11-21-17-16(18(22)24)13-6-4-5-7-14(13)25-17;/h11-12,19H,3-10H2,1-2H3,(H,20,23);1H/t12-;/m1./s1. The normalized spacial score (nSPS) is 14.5. The van der Waals surface area contributed by atoms with E-state index >= 15 is 0 Å². The first-order valence-electron chi connectivity index (χ1n) is 9.10. The lowest BCUT2D eigenvalue weighted by molar-refractivity contribution is -0.121. The zero-order valence-corrected chi connectivity index (χ0v) is 17.0. The van der Waals surface area contributed by atoms with Gasteiger partial charge < -0.3 is 10.6 Å². The molecule has 2 heterocycles. The predicted octanol–water partition coefficient (Wildman–Crippen LogP) is 2.26. The van der Waals surface area contributed by atoms with Crippen LogP contribution in [-0.4, -0.2) is 34.6 Å². The minimum absolute atomic E-state index is 0. The number of halogens is 1. The van der Waals surface area contributed by atoms with Gasteiger partial charge in [0, 0.05) is 30.4 Å². The number of carbonyl (C=O) groups is 1. The van der Waals surface area contributed by atoms with Crippen molar-refractivity contribution in [2.75, 3.05) is 13.1 Å². The monoisotopic (exact) mass is 398 g/mol. The first kappa shape index (κ1) is 20.9. The number of hydrogen-bond acceptors (Lipinski definition) is 5. The summed E-state index contributed by atoms with van der Waals surface area (Å²) in [5.74, 6) is -0.0379. The van der Waals surface area contributed by atoms with Crippen LogP contribution in [0.1, 0.15) is 43.6 Å². The van der Waals surface area contributed by atoms with Gasteiger partial charge in [-0.15, -0.1) is 23.7 Å². The molecule has 2 aromatic heterocycles. The fourth-order valence-electron chi connectivity index (χ4n) is 3.34. The van der Waals surface area contributed by atoms with E-state index < -0.39 is 0 Å². The SMILES string of the molecule is CCN[C@H](C)CNC(=O)CCn1cnc2sc3c(c2c1=O)CCCC3.Cl. The van der Waals surface area contributed by atoms with Crippen LogP contribution in [0, 0.1) is 0 Å². The highest BCUT2D eigenvalue weighted by molar-refractivity contribution is 7.18. The lowest BCUT2D eigenvalue weighted by Gasteiger charge is -2.13. The fourth-order valence-corrected chi connectivity index (χ4v) is 4.56. The summed E-state index contributed by atoms with van der Waals surface area (Å²) in [6, 6.07) is 0.243. The molecule has 0 radical (unpaired) electrons. The van der Waals surface area contributed by atoms with E-state index in [2.05, 4.69) is 15.6 Å². The van der Waals surface area contributed by atoms with Crippen molar-refractivity contribution in [3.05, 3.63) is 27.1 Å². The number of thiophene rings is 1. The molecule has 0 bridgehead atoms. The molecule has 8 heteroatoms. The molecule has 0 fully saturated rings. The maximum atomic E-state index is 12.8. The van der Waals surface area contributed by atoms with E-state index in [1.165, 1.54) is 16.9 Å². The van der Waals surface area contributed by atoms with E-state index in [4.69, 9.17) is 0 Å². The zero-order chi connectivity index (χ0) is 17.8. The molecule has 0 unspecified atom stereocenters. The van der Waals surface area contributed by atoms with Crippen LogP contribution in [0.2, 0.25) is 0 Å². The van der Waals surface area contributed by atoms with Gasteiger partial charge in [0.25, 0.3) is 5.56 Å². The van der Waals surface area contributed by atoms with Gasteiger partial charge in [-0.25, -0.2) is 4.98 Å².